The molecule has 0 amide bonds. The van der Waals surface area contributed by atoms with Crippen molar-refractivity contribution in [3.63, 3.8) is 0 Å². The highest BCUT2D eigenvalue weighted by atomic mass is 16.6. The van der Waals surface area contributed by atoms with E-state index in [1.165, 1.54) is 12.3 Å². The van der Waals surface area contributed by atoms with Gasteiger partial charge in [0.25, 0.3) is 0 Å². The Bertz CT molecular complexity index is 347. The summed E-state index contributed by atoms with van der Waals surface area (Å²) in [4.78, 5) is 10.0. The predicted octanol–water partition coefficient (Wildman–Crippen LogP) is 2.43. The summed E-state index contributed by atoms with van der Waals surface area (Å²) in [5, 5.41) is 10.5. The number of aryl methyl sites for hydroxylation is 1. The number of hydrogen-bond donors (Lipinski definition) is 0. The topological polar surface area (TPSA) is 52.4 Å². The van der Waals surface area contributed by atoms with Crippen molar-refractivity contribution < 1.29 is 9.66 Å². The molecule has 0 saturated carbocycles. The molecule has 0 heterocycles. The van der Waals surface area contributed by atoms with Crippen LogP contribution in [-0.2, 0) is 0 Å². The Balaban J connectivity index is 3.17. The van der Waals surface area contributed by atoms with Crippen molar-refractivity contribution >= 4 is 5.69 Å². The molecule has 1 aromatic carbocycles. The lowest BCUT2D eigenvalue weighted by Crippen LogP contribution is -1.92. The Morgan fingerprint density at radius 1 is 1.62 bits per heavy atom. The van der Waals surface area contributed by atoms with E-state index in [2.05, 4.69) is 6.58 Å². The fourth-order valence-corrected chi connectivity index (χ4v) is 0.956. The number of hydrogen-bond acceptors (Lipinski definition) is 3. The molecule has 0 aromatic heterocycles. The van der Waals surface area contributed by atoms with Crippen molar-refractivity contribution in [3.05, 3.63) is 46.7 Å². The second-order valence-corrected chi connectivity index (χ2v) is 2.51. The van der Waals surface area contributed by atoms with Crippen molar-refractivity contribution in [2.24, 2.45) is 0 Å². The number of ether oxygens (including phenoxy) is 1. The van der Waals surface area contributed by atoms with Crippen LogP contribution < -0.4 is 4.74 Å². The Labute approximate surface area is 75.6 Å². The van der Waals surface area contributed by atoms with Gasteiger partial charge in [-0.25, -0.2) is 0 Å². The maximum Gasteiger partial charge on any atom is 0.311 e. The van der Waals surface area contributed by atoms with Crippen molar-refractivity contribution in [1.82, 2.24) is 0 Å². The Morgan fingerprint density at radius 3 is 2.85 bits per heavy atom. The van der Waals surface area contributed by atoms with E-state index in [0.29, 0.717) is 0 Å². The molecular formula is C9H9NO3. The van der Waals surface area contributed by atoms with Crippen LogP contribution in [0.3, 0.4) is 0 Å². The Hall–Kier alpha value is -1.84. The lowest BCUT2D eigenvalue weighted by atomic mass is 10.2. The third-order valence-electron chi connectivity index (χ3n) is 1.52. The highest BCUT2D eigenvalue weighted by Crippen LogP contribution is 2.27. The first-order valence-electron chi connectivity index (χ1n) is 3.67. The zero-order valence-electron chi connectivity index (χ0n) is 7.19. The van der Waals surface area contributed by atoms with Gasteiger partial charge in [0, 0.05) is 6.07 Å². The van der Waals surface area contributed by atoms with Gasteiger partial charge in [0.2, 0.25) is 5.75 Å². The minimum absolute atomic E-state index is 0.0505. The summed E-state index contributed by atoms with van der Waals surface area (Å²) < 4.78 is 4.90. The standard InChI is InChI=1S/C9H9NO3/c1-3-13-9-6-7(2)4-5-8(9)10(11)12/h3-6H,1H2,2H3. The summed E-state index contributed by atoms with van der Waals surface area (Å²) in [5.41, 5.74) is 0.855. The Kier molecular flexibility index (Phi) is 2.64. The molecule has 0 aliphatic carbocycles. The van der Waals surface area contributed by atoms with Crippen molar-refractivity contribution in [2.45, 2.75) is 6.92 Å². The second-order valence-electron chi connectivity index (χ2n) is 2.51. The quantitative estimate of drug-likeness (QED) is 0.406. The van der Waals surface area contributed by atoms with E-state index in [0.717, 1.165) is 5.56 Å². The zero-order valence-corrected chi connectivity index (χ0v) is 7.19. The van der Waals surface area contributed by atoms with Crippen molar-refractivity contribution in [2.75, 3.05) is 0 Å². The van der Waals surface area contributed by atoms with Gasteiger partial charge in [0.1, 0.15) is 0 Å². The summed E-state index contributed by atoms with van der Waals surface area (Å²) in [7, 11) is 0. The summed E-state index contributed by atoms with van der Waals surface area (Å²) in [6.07, 6.45) is 1.17. The van der Waals surface area contributed by atoms with Crippen LogP contribution in [0.15, 0.2) is 31.0 Å². The third kappa shape index (κ3) is 2.05. The van der Waals surface area contributed by atoms with E-state index >= 15 is 0 Å². The number of rotatable bonds is 3. The average Bonchev–Trinajstić information content (AvgIpc) is 2.04. The predicted molar refractivity (Wildman–Crippen MR) is 48.7 cm³/mol. The molecular weight excluding hydrogens is 170 g/mol. The second kappa shape index (κ2) is 3.71. The van der Waals surface area contributed by atoms with Crippen LogP contribution in [0, 0.1) is 17.0 Å². The molecule has 0 bridgehead atoms. The molecule has 4 nitrogen and oxygen atoms in total. The zero-order chi connectivity index (χ0) is 9.84. The van der Waals surface area contributed by atoms with Gasteiger partial charge in [-0.3, -0.25) is 10.1 Å². The highest BCUT2D eigenvalue weighted by molar-refractivity contribution is 5.48. The highest BCUT2D eigenvalue weighted by Gasteiger charge is 2.13. The van der Waals surface area contributed by atoms with Gasteiger partial charge in [-0.1, -0.05) is 12.6 Å². The number of nitrogens with zero attached hydrogens (tertiary/aromatic N) is 1. The van der Waals surface area contributed by atoms with Gasteiger partial charge >= 0.3 is 5.69 Å². The van der Waals surface area contributed by atoms with Crippen LogP contribution >= 0.6 is 0 Å². The molecule has 0 spiro atoms. The molecule has 0 atom stereocenters. The number of benzene rings is 1. The van der Waals surface area contributed by atoms with E-state index in [4.69, 9.17) is 4.74 Å². The van der Waals surface area contributed by atoms with Crippen LogP contribution in [0.5, 0.6) is 5.75 Å². The first kappa shape index (κ1) is 9.25. The van der Waals surface area contributed by atoms with Gasteiger partial charge in [-0.2, -0.15) is 0 Å². The van der Waals surface area contributed by atoms with E-state index in [9.17, 15) is 10.1 Å². The molecule has 0 aliphatic heterocycles. The monoisotopic (exact) mass is 179 g/mol. The molecule has 4 heteroatoms. The fourth-order valence-electron chi connectivity index (χ4n) is 0.956. The molecule has 0 N–H and O–H groups in total. The summed E-state index contributed by atoms with van der Waals surface area (Å²) >= 11 is 0. The fraction of sp³-hybridized carbons (Fsp3) is 0.111. The van der Waals surface area contributed by atoms with Crippen LogP contribution in [-0.4, -0.2) is 4.92 Å². The van der Waals surface area contributed by atoms with E-state index in [-0.39, 0.29) is 11.4 Å². The number of nitro benzene ring substituents is 1. The van der Waals surface area contributed by atoms with Crippen LogP contribution in [0.4, 0.5) is 5.69 Å². The first-order chi connectivity index (χ1) is 6.15. The first-order valence-corrected chi connectivity index (χ1v) is 3.67. The van der Waals surface area contributed by atoms with Crippen LogP contribution in [0.1, 0.15) is 5.56 Å². The minimum atomic E-state index is -0.488. The molecule has 0 saturated heterocycles. The van der Waals surface area contributed by atoms with Gasteiger partial charge in [0.15, 0.2) is 0 Å². The van der Waals surface area contributed by atoms with Gasteiger partial charge in [0.05, 0.1) is 11.2 Å². The molecule has 0 aliphatic rings. The SMILES string of the molecule is C=COc1cc(C)ccc1[N+](=O)[O-]. The molecule has 1 rings (SSSR count). The summed E-state index contributed by atoms with van der Waals surface area (Å²) in [5.74, 6) is 0.222. The Morgan fingerprint density at radius 2 is 2.31 bits per heavy atom. The maximum atomic E-state index is 10.5. The maximum absolute atomic E-state index is 10.5. The molecule has 0 unspecified atom stereocenters. The smallest absolute Gasteiger partial charge is 0.311 e. The lowest BCUT2D eigenvalue weighted by molar-refractivity contribution is -0.385. The normalized spacial score (nSPS) is 9.31. The largest absolute Gasteiger partial charge is 0.458 e. The molecule has 68 valence electrons. The van der Waals surface area contributed by atoms with E-state index in [1.54, 1.807) is 12.1 Å². The van der Waals surface area contributed by atoms with Gasteiger partial charge in [-0.05, 0) is 18.6 Å². The summed E-state index contributed by atoms with van der Waals surface area (Å²) in [6.45, 7) is 5.17. The molecule has 1 aromatic rings. The van der Waals surface area contributed by atoms with E-state index < -0.39 is 4.92 Å². The lowest BCUT2D eigenvalue weighted by Gasteiger charge is -2.01. The average molecular weight is 179 g/mol. The van der Waals surface area contributed by atoms with Crippen molar-refractivity contribution in [3.8, 4) is 5.75 Å². The van der Waals surface area contributed by atoms with Crippen LogP contribution in [0.25, 0.3) is 0 Å². The van der Waals surface area contributed by atoms with E-state index in [1.807, 2.05) is 6.92 Å². The molecule has 0 radical (unpaired) electrons. The van der Waals surface area contributed by atoms with Crippen molar-refractivity contribution in [1.29, 1.82) is 0 Å². The third-order valence-corrected chi connectivity index (χ3v) is 1.52. The van der Waals surface area contributed by atoms with Gasteiger partial charge in [-0.15, -0.1) is 0 Å². The van der Waals surface area contributed by atoms with Crippen LogP contribution in [0.2, 0.25) is 0 Å². The minimum Gasteiger partial charge on any atom is -0.458 e. The number of nitro groups is 1. The van der Waals surface area contributed by atoms with Gasteiger partial charge < -0.3 is 4.74 Å². The summed E-state index contributed by atoms with van der Waals surface area (Å²) in [6, 6.07) is 4.67. The molecule has 13 heavy (non-hydrogen) atoms. The molecule has 0 fully saturated rings.